The molecule has 374 valence electrons. The van der Waals surface area contributed by atoms with Crippen molar-refractivity contribution in [3.63, 3.8) is 0 Å². The fraction of sp³-hybridized carbons (Fsp3) is 0.944. The van der Waals surface area contributed by atoms with E-state index in [4.69, 9.17) is 14.2 Å². The number of hydrogen-bond acceptors (Lipinski definition) is 9. The zero-order valence-corrected chi connectivity index (χ0v) is 42.2. The molecule has 0 amide bonds. The largest absolute Gasteiger partial charge is 0.466 e. The van der Waals surface area contributed by atoms with Gasteiger partial charge < -0.3 is 29.1 Å². The lowest BCUT2D eigenvalue weighted by Crippen LogP contribution is -2.33. The molecule has 0 radical (unpaired) electrons. The number of carbonyl (C=O) groups is 3. The third-order valence-corrected chi connectivity index (χ3v) is 12.4. The predicted molar refractivity (Wildman–Crippen MR) is 265 cm³/mol. The third kappa shape index (κ3) is 48.1. The summed E-state index contributed by atoms with van der Waals surface area (Å²) in [6.45, 7) is 14.1. The lowest BCUT2D eigenvalue weighted by molar-refractivity contribution is -0.144. The Labute approximate surface area is 390 Å². The monoisotopic (exact) mass is 895 g/mol. The summed E-state index contributed by atoms with van der Waals surface area (Å²) in [5, 5.41) is 9.57. The molecular weight excluding hydrogens is 789 g/mol. The molecule has 1 N–H and O–H groups in total. The molecule has 0 aromatic carbocycles. The number of ether oxygens (including phenoxy) is 3. The molecule has 0 saturated heterocycles. The first-order chi connectivity index (χ1) is 31.0. The summed E-state index contributed by atoms with van der Waals surface area (Å²) in [4.78, 5) is 42.2. The first kappa shape index (κ1) is 61.3. The standard InChI is InChI=1S/C54H106N2O7/c1-4-7-10-13-16-19-22-25-34-49-61-52(58)39-28-31-42-55(43-32-29-40-53(59)62-50-35-26-23-20-17-14-11-8-5-2)45-37-46-56(47-38-48-57)44-33-30-41-54(60)63-51-36-27-24-21-18-15-12-9-6-3/h57H,4-51H2,1-3H3. The zero-order valence-electron chi connectivity index (χ0n) is 42.2. The van der Waals surface area contributed by atoms with Crippen molar-refractivity contribution < 1.29 is 33.7 Å². The molecular formula is C54H106N2O7. The van der Waals surface area contributed by atoms with Crippen LogP contribution in [0.4, 0.5) is 0 Å². The Morgan fingerprint density at radius 1 is 0.302 bits per heavy atom. The molecule has 63 heavy (non-hydrogen) atoms. The van der Waals surface area contributed by atoms with E-state index in [1.54, 1.807) is 0 Å². The highest BCUT2D eigenvalue weighted by molar-refractivity contribution is 5.69. The Morgan fingerprint density at radius 2 is 0.540 bits per heavy atom. The average molecular weight is 895 g/mol. The molecule has 0 saturated carbocycles. The number of unbranched alkanes of at least 4 members (excludes halogenated alkanes) is 27. The van der Waals surface area contributed by atoms with Crippen molar-refractivity contribution in [3.05, 3.63) is 0 Å². The summed E-state index contributed by atoms with van der Waals surface area (Å²) in [5.74, 6) is -0.228. The molecule has 0 atom stereocenters. The van der Waals surface area contributed by atoms with Gasteiger partial charge in [-0.15, -0.1) is 0 Å². The van der Waals surface area contributed by atoms with Crippen LogP contribution < -0.4 is 0 Å². The third-order valence-electron chi connectivity index (χ3n) is 12.4. The fourth-order valence-electron chi connectivity index (χ4n) is 8.31. The maximum atomic E-state index is 12.5. The molecule has 0 unspecified atom stereocenters. The van der Waals surface area contributed by atoms with Crippen LogP contribution in [0.2, 0.25) is 0 Å². The lowest BCUT2D eigenvalue weighted by Gasteiger charge is -2.26. The summed E-state index contributed by atoms with van der Waals surface area (Å²) in [6.07, 6.45) is 42.3. The van der Waals surface area contributed by atoms with Crippen molar-refractivity contribution in [1.82, 2.24) is 9.80 Å². The maximum absolute atomic E-state index is 12.5. The minimum absolute atomic E-state index is 0.0753. The van der Waals surface area contributed by atoms with Crippen molar-refractivity contribution in [2.75, 3.05) is 65.7 Å². The van der Waals surface area contributed by atoms with E-state index in [1.807, 2.05) is 0 Å². The first-order valence-electron chi connectivity index (χ1n) is 27.5. The summed E-state index contributed by atoms with van der Waals surface area (Å²) < 4.78 is 16.6. The predicted octanol–water partition coefficient (Wildman–Crippen LogP) is 14.1. The van der Waals surface area contributed by atoms with Crippen LogP contribution in [0.15, 0.2) is 0 Å². The molecule has 9 nitrogen and oxygen atoms in total. The van der Waals surface area contributed by atoms with Crippen LogP contribution in [0.25, 0.3) is 0 Å². The van der Waals surface area contributed by atoms with Gasteiger partial charge in [0.1, 0.15) is 0 Å². The van der Waals surface area contributed by atoms with Gasteiger partial charge in [-0.25, -0.2) is 0 Å². The van der Waals surface area contributed by atoms with E-state index in [-0.39, 0.29) is 24.5 Å². The highest BCUT2D eigenvalue weighted by atomic mass is 16.5. The molecule has 0 bridgehead atoms. The van der Waals surface area contributed by atoms with Gasteiger partial charge in [0.2, 0.25) is 0 Å². The Balaban J connectivity index is 4.59. The summed E-state index contributed by atoms with van der Waals surface area (Å²) >= 11 is 0. The van der Waals surface area contributed by atoms with Crippen LogP contribution in [-0.4, -0.2) is 98.5 Å². The van der Waals surface area contributed by atoms with Gasteiger partial charge in [0.15, 0.2) is 0 Å². The summed E-state index contributed by atoms with van der Waals surface area (Å²) in [7, 11) is 0. The molecule has 0 aliphatic heterocycles. The van der Waals surface area contributed by atoms with Gasteiger partial charge in [-0.2, -0.15) is 0 Å². The number of esters is 3. The number of aliphatic hydroxyl groups is 1. The van der Waals surface area contributed by atoms with E-state index in [1.165, 1.54) is 135 Å². The van der Waals surface area contributed by atoms with Crippen molar-refractivity contribution >= 4 is 17.9 Å². The van der Waals surface area contributed by atoms with Gasteiger partial charge in [0.25, 0.3) is 0 Å². The second-order valence-corrected chi connectivity index (χ2v) is 18.6. The quantitative estimate of drug-likeness (QED) is 0.0363. The minimum Gasteiger partial charge on any atom is -0.466 e. The topological polar surface area (TPSA) is 106 Å². The Bertz CT molecular complexity index is 922. The minimum atomic E-state index is -0.0776. The molecule has 0 aliphatic rings. The van der Waals surface area contributed by atoms with E-state index >= 15 is 0 Å². The van der Waals surface area contributed by atoms with Crippen molar-refractivity contribution in [3.8, 4) is 0 Å². The van der Waals surface area contributed by atoms with Crippen molar-refractivity contribution in [2.24, 2.45) is 0 Å². The number of aliphatic hydroxyl groups excluding tert-OH is 1. The second-order valence-electron chi connectivity index (χ2n) is 18.6. The number of rotatable bonds is 52. The first-order valence-corrected chi connectivity index (χ1v) is 27.5. The maximum Gasteiger partial charge on any atom is 0.305 e. The SMILES string of the molecule is CCCCCCCCCCCOC(=O)CCCCN(CCCO)CCCN(CCCCC(=O)OCCCCCCCCCCC)CCCCC(=O)OCCCCCCCCCCC. The smallest absolute Gasteiger partial charge is 0.305 e. The van der Waals surface area contributed by atoms with E-state index in [0.29, 0.717) is 39.1 Å². The Kier molecular flexibility index (Phi) is 49.9. The van der Waals surface area contributed by atoms with Crippen LogP contribution in [0, 0.1) is 0 Å². The molecule has 0 fully saturated rings. The molecule has 0 rings (SSSR count). The number of nitrogens with zero attached hydrogens (tertiary/aromatic N) is 2. The van der Waals surface area contributed by atoms with Crippen LogP contribution in [0.3, 0.4) is 0 Å². The fourth-order valence-corrected chi connectivity index (χ4v) is 8.31. The van der Waals surface area contributed by atoms with Crippen LogP contribution >= 0.6 is 0 Å². The molecule has 0 aromatic rings. The Morgan fingerprint density at radius 3 is 0.810 bits per heavy atom. The molecule has 0 aliphatic carbocycles. The van der Waals surface area contributed by atoms with Gasteiger partial charge in [0, 0.05) is 32.4 Å². The van der Waals surface area contributed by atoms with E-state index < -0.39 is 0 Å². The van der Waals surface area contributed by atoms with Gasteiger partial charge >= 0.3 is 17.9 Å². The highest BCUT2D eigenvalue weighted by Gasteiger charge is 2.12. The van der Waals surface area contributed by atoms with Gasteiger partial charge in [0.05, 0.1) is 19.8 Å². The van der Waals surface area contributed by atoms with Crippen LogP contribution in [-0.2, 0) is 28.6 Å². The van der Waals surface area contributed by atoms with E-state index in [9.17, 15) is 19.5 Å². The van der Waals surface area contributed by atoms with E-state index in [0.717, 1.165) is 129 Å². The lowest BCUT2D eigenvalue weighted by atomic mass is 10.1. The van der Waals surface area contributed by atoms with Crippen molar-refractivity contribution in [2.45, 2.75) is 265 Å². The number of carbonyl (C=O) groups excluding carboxylic acids is 3. The van der Waals surface area contributed by atoms with Gasteiger partial charge in [-0.05, 0) is 103 Å². The molecule has 0 spiro atoms. The van der Waals surface area contributed by atoms with Crippen LogP contribution in [0.1, 0.15) is 265 Å². The summed E-state index contributed by atoms with van der Waals surface area (Å²) in [6, 6.07) is 0. The van der Waals surface area contributed by atoms with Gasteiger partial charge in [-0.1, -0.05) is 175 Å². The second kappa shape index (κ2) is 51.3. The molecule has 9 heteroatoms. The van der Waals surface area contributed by atoms with E-state index in [2.05, 4.69) is 30.6 Å². The summed E-state index contributed by atoms with van der Waals surface area (Å²) in [5.41, 5.74) is 0. The number of hydrogen-bond donors (Lipinski definition) is 1. The zero-order chi connectivity index (χ0) is 45.9. The highest BCUT2D eigenvalue weighted by Crippen LogP contribution is 2.14. The normalized spacial score (nSPS) is 11.5. The van der Waals surface area contributed by atoms with Crippen molar-refractivity contribution in [1.29, 1.82) is 0 Å². The van der Waals surface area contributed by atoms with Gasteiger partial charge in [-0.3, -0.25) is 14.4 Å². The van der Waals surface area contributed by atoms with Crippen LogP contribution in [0.5, 0.6) is 0 Å². The average Bonchev–Trinajstić information content (AvgIpc) is 3.28. The molecule has 0 heterocycles. The molecule has 0 aromatic heterocycles. The Hall–Kier alpha value is -1.71.